The molecular weight excluding hydrogens is 276 g/mol. The van der Waals surface area contributed by atoms with Gasteiger partial charge in [0.15, 0.2) is 0 Å². The van der Waals surface area contributed by atoms with Crippen LogP contribution < -0.4 is 4.74 Å². The van der Waals surface area contributed by atoms with Crippen LogP contribution in [0.5, 0.6) is 5.75 Å². The largest absolute Gasteiger partial charge is 0.492 e. The fraction of sp³-hybridized carbons (Fsp3) is 0.467. The van der Waals surface area contributed by atoms with Crippen LogP contribution in [0.3, 0.4) is 0 Å². The molecule has 20 heavy (non-hydrogen) atoms. The number of ketones is 1. The normalized spacial score (nSPS) is 18.1. The van der Waals surface area contributed by atoms with Crippen LogP contribution in [-0.2, 0) is 20.7 Å². The molecule has 1 aromatic carbocycles. The topological polar surface area (TPSA) is 52.6 Å². The van der Waals surface area contributed by atoms with Gasteiger partial charge in [0.2, 0.25) is 0 Å². The van der Waals surface area contributed by atoms with E-state index in [1.54, 1.807) is 18.7 Å². The minimum atomic E-state index is -0.228. The van der Waals surface area contributed by atoms with Crippen LogP contribution in [-0.4, -0.2) is 36.0 Å². The summed E-state index contributed by atoms with van der Waals surface area (Å²) in [6.45, 7) is 2.60. The Morgan fingerprint density at radius 3 is 2.70 bits per heavy atom. The zero-order valence-electron chi connectivity index (χ0n) is 11.5. The zero-order valence-corrected chi connectivity index (χ0v) is 12.3. The second-order valence-electron chi connectivity index (χ2n) is 4.51. The monoisotopic (exact) mass is 294 g/mol. The lowest BCUT2D eigenvalue weighted by molar-refractivity contribution is -0.142. The van der Waals surface area contributed by atoms with E-state index in [0.717, 1.165) is 17.1 Å². The van der Waals surface area contributed by atoms with Crippen molar-refractivity contribution in [1.82, 2.24) is 0 Å². The average molecular weight is 294 g/mol. The molecule has 1 heterocycles. The molecule has 2 rings (SSSR count). The number of hydrogen-bond acceptors (Lipinski definition) is 5. The molecule has 1 atom stereocenters. The first-order valence-electron chi connectivity index (χ1n) is 6.70. The highest BCUT2D eigenvalue weighted by atomic mass is 32.2. The predicted molar refractivity (Wildman–Crippen MR) is 78.1 cm³/mol. The molecule has 1 aliphatic rings. The fourth-order valence-corrected chi connectivity index (χ4v) is 3.02. The summed E-state index contributed by atoms with van der Waals surface area (Å²) in [7, 11) is 0. The van der Waals surface area contributed by atoms with E-state index in [0.29, 0.717) is 19.6 Å². The number of carbonyl (C=O) groups excluding carboxylic acids is 2. The van der Waals surface area contributed by atoms with Crippen LogP contribution in [0, 0.1) is 0 Å². The summed E-state index contributed by atoms with van der Waals surface area (Å²) in [5.41, 5.74) is 0.891. The molecule has 4 nitrogen and oxygen atoms in total. The van der Waals surface area contributed by atoms with E-state index in [9.17, 15) is 9.59 Å². The predicted octanol–water partition coefficient (Wildman–Crippen LogP) is 2.25. The van der Waals surface area contributed by atoms with Gasteiger partial charge in [-0.25, -0.2) is 0 Å². The van der Waals surface area contributed by atoms with Crippen LogP contribution in [0.15, 0.2) is 24.3 Å². The van der Waals surface area contributed by atoms with Gasteiger partial charge in [0.05, 0.1) is 18.3 Å². The van der Waals surface area contributed by atoms with Crippen LogP contribution in [0.25, 0.3) is 0 Å². The van der Waals surface area contributed by atoms with Crippen LogP contribution in [0.2, 0.25) is 0 Å². The van der Waals surface area contributed by atoms with Crippen LogP contribution >= 0.6 is 11.8 Å². The van der Waals surface area contributed by atoms with Crippen molar-refractivity contribution < 1.29 is 19.1 Å². The number of benzene rings is 1. The standard InChI is InChI=1S/C15H18O4S/c1-2-18-15(17)9-11-3-5-12(6-4-11)19-10-14-13(16)7-8-20-14/h3-6,14H,2,7-10H2,1H3. The molecule has 1 saturated heterocycles. The number of esters is 1. The van der Waals surface area contributed by atoms with Gasteiger partial charge in [0.1, 0.15) is 18.1 Å². The number of hydrogen-bond donors (Lipinski definition) is 0. The highest BCUT2D eigenvalue weighted by Crippen LogP contribution is 2.24. The van der Waals surface area contributed by atoms with E-state index in [1.807, 2.05) is 24.3 Å². The molecule has 0 radical (unpaired) electrons. The molecule has 0 N–H and O–H groups in total. The number of ether oxygens (including phenoxy) is 2. The number of carbonyl (C=O) groups is 2. The lowest BCUT2D eigenvalue weighted by Gasteiger charge is -2.10. The Labute approximate surface area is 122 Å². The van der Waals surface area contributed by atoms with Gasteiger partial charge in [0.25, 0.3) is 0 Å². The molecule has 1 aromatic rings. The van der Waals surface area contributed by atoms with Gasteiger partial charge in [-0.1, -0.05) is 12.1 Å². The molecule has 0 bridgehead atoms. The van der Waals surface area contributed by atoms with Crippen molar-refractivity contribution in [2.24, 2.45) is 0 Å². The highest BCUT2D eigenvalue weighted by molar-refractivity contribution is 8.01. The van der Waals surface area contributed by atoms with Gasteiger partial charge >= 0.3 is 5.97 Å². The van der Waals surface area contributed by atoms with Crippen LogP contribution in [0.4, 0.5) is 0 Å². The van der Waals surface area contributed by atoms with E-state index in [1.165, 1.54) is 0 Å². The molecule has 1 unspecified atom stereocenters. The maximum atomic E-state index is 11.5. The molecule has 1 fully saturated rings. The lowest BCUT2D eigenvalue weighted by Crippen LogP contribution is -2.19. The number of rotatable bonds is 6. The first kappa shape index (κ1) is 14.9. The second kappa shape index (κ2) is 7.33. The Bertz CT molecular complexity index is 469. The third-order valence-corrected chi connectivity index (χ3v) is 4.25. The van der Waals surface area contributed by atoms with Gasteiger partial charge in [-0.15, -0.1) is 11.8 Å². The minimum absolute atomic E-state index is 0.0331. The summed E-state index contributed by atoms with van der Waals surface area (Å²) in [6.07, 6.45) is 0.919. The van der Waals surface area contributed by atoms with Crippen molar-refractivity contribution in [3.63, 3.8) is 0 Å². The molecule has 0 amide bonds. The summed E-state index contributed by atoms with van der Waals surface area (Å²) in [5, 5.41) is -0.0331. The Kier molecular flexibility index (Phi) is 5.47. The first-order valence-corrected chi connectivity index (χ1v) is 7.75. The van der Waals surface area contributed by atoms with Crippen molar-refractivity contribution >= 4 is 23.5 Å². The van der Waals surface area contributed by atoms with E-state index < -0.39 is 0 Å². The molecule has 1 aliphatic heterocycles. The molecule has 108 valence electrons. The average Bonchev–Trinajstić information content (AvgIpc) is 2.84. The number of thioether (sulfide) groups is 1. The van der Waals surface area contributed by atoms with Gasteiger partial charge in [-0.05, 0) is 24.6 Å². The first-order chi connectivity index (χ1) is 9.69. The van der Waals surface area contributed by atoms with Crippen molar-refractivity contribution in [2.45, 2.75) is 25.0 Å². The van der Waals surface area contributed by atoms with Gasteiger partial charge in [-0.3, -0.25) is 9.59 Å². The summed E-state index contributed by atoms with van der Waals surface area (Å²) >= 11 is 1.65. The molecule has 0 spiro atoms. The van der Waals surface area contributed by atoms with Gasteiger partial charge < -0.3 is 9.47 Å². The summed E-state index contributed by atoms with van der Waals surface area (Å²) in [6, 6.07) is 7.32. The Balaban J connectivity index is 1.82. The Morgan fingerprint density at radius 2 is 2.10 bits per heavy atom. The zero-order chi connectivity index (χ0) is 14.4. The molecule has 0 saturated carbocycles. The minimum Gasteiger partial charge on any atom is -0.492 e. The van der Waals surface area contributed by atoms with Crippen molar-refractivity contribution in [1.29, 1.82) is 0 Å². The lowest BCUT2D eigenvalue weighted by atomic mass is 10.1. The molecular formula is C15H18O4S. The second-order valence-corrected chi connectivity index (χ2v) is 5.82. The fourth-order valence-electron chi connectivity index (χ4n) is 1.95. The molecule has 5 heteroatoms. The van der Waals surface area contributed by atoms with Crippen molar-refractivity contribution in [3.05, 3.63) is 29.8 Å². The Morgan fingerprint density at radius 1 is 1.35 bits per heavy atom. The SMILES string of the molecule is CCOC(=O)Cc1ccc(OCC2SCCC2=O)cc1. The maximum Gasteiger partial charge on any atom is 0.310 e. The van der Waals surface area contributed by atoms with E-state index in [2.05, 4.69) is 0 Å². The Hall–Kier alpha value is -1.49. The number of Topliss-reactive ketones (excluding diaryl/α,β-unsaturated/α-hetero) is 1. The van der Waals surface area contributed by atoms with E-state index in [4.69, 9.17) is 9.47 Å². The summed E-state index contributed by atoms with van der Waals surface area (Å²) in [5.74, 6) is 1.66. The summed E-state index contributed by atoms with van der Waals surface area (Å²) < 4.78 is 10.5. The van der Waals surface area contributed by atoms with Crippen LogP contribution in [0.1, 0.15) is 18.9 Å². The molecule has 0 aliphatic carbocycles. The molecule has 0 aromatic heterocycles. The maximum absolute atomic E-state index is 11.5. The van der Waals surface area contributed by atoms with E-state index >= 15 is 0 Å². The quantitative estimate of drug-likeness (QED) is 0.753. The third-order valence-electron chi connectivity index (χ3n) is 3.01. The van der Waals surface area contributed by atoms with E-state index in [-0.39, 0.29) is 23.4 Å². The third kappa shape index (κ3) is 4.27. The van der Waals surface area contributed by atoms with Crippen molar-refractivity contribution in [2.75, 3.05) is 19.0 Å². The van der Waals surface area contributed by atoms with Crippen molar-refractivity contribution in [3.8, 4) is 5.75 Å². The van der Waals surface area contributed by atoms with Gasteiger partial charge in [0, 0.05) is 12.2 Å². The van der Waals surface area contributed by atoms with Gasteiger partial charge in [-0.2, -0.15) is 0 Å². The smallest absolute Gasteiger partial charge is 0.310 e. The summed E-state index contributed by atoms with van der Waals surface area (Å²) in [4.78, 5) is 22.8. The highest BCUT2D eigenvalue weighted by Gasteiger charge is 2.25.